The fraction of sp³-hybridized carbons (Fsp3) is 0.667. The first-order valence-electron chi connectivity index (χ1n) is 8.23. The van der Waals surface area contributed by atoms with Crippen molar-refractivity contribution in [3.05, 3.63) is 34.9 Å². The molecule has 3 heteroatoms. The van der Waals surface area contributed by atoms with Crippen LogP contribution in [-0.2, 0) is 0 Å². The lowest BCUT2D eigenvalue weighted by atomic mass is 9.86. The van der Waals surface area contributed by atoms with Crippen molar-refractivity contribution >= 4 is 11.6 Å². The van der Waals surface area contributed by atoms with Gasteiger partial charge in [0.25, 0.3) is 0 Å². The summed E-state index contributed by atoms with van der Waals surface area (Å²) in [6.45, 7) is 3.51. The van der Waals surface area contributed by atoms with Crippen LogP contribution in [0.3, 0.4) is 0 Å². The van der Waals surface area contributed by atoms with E-state index in [1.54, 1.807) is 0 Å². The van der Waals surface area contributed by atoms with Crippen LogP contribution in [0.25, 0.3) is 0 Å². The van der Waals surface area contributed by atoms with E-state index in [9.17, 15) is 0 Å². The van der Waals surface area contributed by atoms with Gasteiger partial charge in [-0.25, -0.2) is 0 Å². The van der Waals surface area contributed by atoms with Crippen LogP contribution in [0.5, 0.6) is 0 Å². The number of hydrogen-bond acceptors (Lipinski definition) is 2. The highest BCUT2D eigenvalue weighted by Crippen LogP contribution is 2.28. The molecule has 1 fully saturated rings. The maximum atomic E-state index is 6.33. The van der Waals surface area contributed by atoms with Crippen LogP contribution in [0.4, 0.5) is 0 Å². The van der Waals surface area contributed by atoms with E-state index in [-0.39, 0.29) is 0 Å². The molecule has 0 spiro atoms. The van der Waals surface area contributed by atoms with Gasteiger partial charge in [0.15, 0.2) is 0 Å². The lowest BCUT2D eigenvalue weighted by Gasteiger charge is -2.35. The van der Waals surface area contributed by atoms with Crippen molar-refractivity contribution in [3.63, 3.8) is 0 Å². The minimum atomic E-state index is 0.335. The van der Waals surface area contributed by atoms with E-state index in [4.69, 9.17) is 11.6 Å². The number of nitrogens with zero attached hydrogens (tertiary/aromatic N) is 1. The summed E-state index contributed by atoms with van der Waals surface area (Å²) in [5.41, 5.74) is 1.21. The Kier molecular flexibility index (Phi) is 6.53. The van der Waals surface area contributed by atoms with Crippen LogP contribution >= 0.6 is 11.6 Å². The lowest BCUT2D eigenvalue weighted by molar-refractivity contribution is 0.158. The van der Waals surface area contributed by atoms with Crippen molar-refractivity contribution in [2.24, 2.45) is 5.92 Å². The normalized spacial score (nSPS) is 24.2. The van der Waals surface area contributed by atoms with Crippen LogP contribution in [0.1, 0.15) is 50.6 Å². The Hall–Kier alpha value is -0.570. The maximum absolute atomic E-state index is 6.33. The van der Waals surface area contributed by atoms with Gasteiger partial charge in [-0.1, -0.05) is 49.6 Å². The highest BCUT2D eigenvalue weighted by Gasteiger charge is 2.23. The van der Waals surface area contributed by atoms with Crippen LogP contribution in [0.2, 0.25) is 5.02 Å². The topological polar surface area (TPSA) is 15.3 Å². The molecule has 2 nitrogen and oxygen atoms in total. The lowest BCUT2D eigenvalue weighted by Crippen LogP contribution is -2.37. The summed E-state index contributed by atoms with van der Waals surface area (Å²) in [5.74, 6) is 0.884. The van der Waals surface area contributed by atoms with E-state index in [0.29, 0.717) is 6.04 Å². The molecule has 21 heavy (non-hydrogen) atoms. The molecular formula is C18H29ClN2. The molecule has 1 aromatic rings. The fourth-order valence-corrected chi connectivity index (χ4v) is 3.80. The fourth-order valence-electron chi connectivity index (χ4n) is 3.53. The van der Waals surface area contributed by atoms with Gasteiger partial charge in [-0.15, -0.1) is 0 Å². The second kappa shape index (κ2) is 8.17. The molecule has 0 bridgehead atoms. The highest BCUT2D eigenvalue weighted by atomic mass is 35.5. The van der Waals surface area contributed by atoms with Gasteiger partial charge in [-0.05, 0) is 57.5 Å². The minimum Gasteiger partial charge on any atom is -0.313 e. The zero-order chi connectivity index (χ0) is 15.2. The van der Waals surface area contributed by atoms with Crippen molar-refractivity contribution in [1.29, 1.82) is 0 Å². The number of hydrogen-bond donors (Lipinski definition) is 1. The van der Waals surface area contributed by atoms with Crippen LogP contribution < -0.4 is 5.32 Å². The number of halogens is 1. The molecule has 0 heterocycles. The van der Waals surface area contributed by atoms with E-state index >= 15 is 0 Å². The molecule has 0 radical (unpaired) electrons. The minimum absolute atomic E-state index is 0.335. The number of nitrogens with one attached hydrogen (secondary N) is 1. The highest BCUT2D eigenvalue weighted by molar-refractivity contribution is 6.31. The second-order valence-corrected chi connectivity index (χ2v) is 6.96. The predicted molar refractivity (Wildman–Crippen MR) is 91.9 cm³/mol. The first-order chi connectivity index (χ1) is 10.1. The number of rotatable bonds is 6. The summed E-state index contributed by atoms with van der Waals surface area (Å²) in [4.78, 5) is 2.55. The molecule has 1 aromatic carbocycles. The quantitative estimate of drug-likeness (QED) is 0.832. The molecule has 1 aliphatic rings. The van der Waals surface area contributed by atoms with E-state index in [1.165, 1.54) is 31.2 Å². The third-order valence-corrected chi connectivity index (χ3v) is 5.28. The van der Waals surface area contributed by atoms with E-state index < -0.39 is 0 Å². The van der Waals surface area contributed by atoms with Crippen molar-refractivity contribution < 1.29 is 0 Å². The molecule has 3 unspecified atom stereocenters. The molecule has 1 aliphatic carbocycles. The summed E-state index contributed by atoms with van der Waals surface area (Å²) in [6, 6.07) is 9.27. The smallest absolute Gasteiger partial charge is 0.0453 e. The maximum Gasteiger partial charge on any atom is 0.0453 e. The SMILES string of the molecule is CNC(CCN(C)C1CCCC(C)C1)c1ccccc1Cl. The van der Waals surface area contributed by atoms with Crippen molar-refractivity contribution in [3.8, 4) is 0 Å². The summed E-state index contributed by atoms with van der Waals surface area (Å²) in [5, 5.41) is 4.28. The Bertz CT molecular complexity index is 435. The molecule has 2 rings (SSSR count). The third kappa shape index (κ3) is 4.70. The summed E-state index contributed by atoms with van der Waals surface area (Å²) in [6.07, 6.45) is 6.60. The molecule has 3 atom stereocenters. The van der Waals surface area contributed by atoms with Gasteiger partial charge in [0.05, 0.1) is 0 Å². The molecular weight excluding hydrogens is 280 g/mol. The summed E-state index contributed by atoms with van der Waals surface area (Å²) >= 11 is 6.33. The molecule has 0 aromatic heterocycles. The Labute approximate surface area is 134 Å². The first kappa shape index (κ1) is 16.8. The van der Waals surface area contributed by atoms with Gasteiger partial charge in [0, 0.05) is 17.1 Å². The predicted octanol–water partition coefficient (Wildman–Crippen LogP) is 4.50. The van der Waals surface area contributed by atoms with Gasteiger partial charge in [0.1, 0.15) is 0 Å². The van der Waals surface area contributed by atoms with Crippen molar-refractivity contribution in [1.82, 2.24) is 10.2 Å². The standard InChI is InChI=1S/C18H29ClN2/c1-14-7-6-8-15(13-14)21(3)12-11-18(20-2)16-9-4-5-10-17(16)19/h4-5,9-10,14-15,18,20H,6-8,11-13H2,1-3H3. The van der Waals surface area contributed by atoms with Gasteiger partial charge in [-0.2, -0.15) is 0 Å². The van der Waals surface area contributed by atoms with Crippen molar-refractivity contribution in [2.75, 3.05) is 20.6 Å². The summed E-state index contributed by atoms with van der Waals surface area (Å²) < 4.78 is 0. The van der Waals surface area contributed by atoms with Crippen LogP contribution in [-0.4, -0.2) is 31.6 Å². The Morgan fingerprint density at radius 3 is 2.76 bits per heavy atom. The third-order valence-electron chi connectivity index (χ3n) is 4.93. The second-order valence-electron chi connectivity index (χ2n) is 6.56. The molecule has 0 amide bonds. The largest absolute Gasteiger partial charge is 0.313 e. The average Bonchev–Trinajstić information content (AvgIpc) is 2.49. The van der Waals surface area contributed by atoms with Crippen molar-refractivity contribution in [2.45, 2.75) is 51.1 Å². The van der Waals surface area contributed by atoms with Gasteiger partial charge in [-0.3, -0.25) is 0 Å². The van der Waals surface area contributed by atoms with Crippen LogP contribution in [0.15, 0.2) is 24.3 Å². The van der Waals surface area contributed by atoms with Gasteiger partial charge >= 0.3 is 0 Å². The number of benzene rings is 1. The molecule has 0 saturated heterocycles. The Morgan fingerprint density at radius 2 is 2.10 bits per heavy atom. The molecule has 0 aliphatic heterocycles. The van der Waals surface area contributed by atoms with E-state index in [1.807, 2.05) is 19.2 Å². The van der Waals surface area contributed by atoms with Gasteiger partial charge in [0.2, 0.25) is 0 Å². The molecule has 118 valence electrons. The first-order valence-corrected chi connectivity index (χ1v) is 8.61. The van der Waals surface area contributed by atoms with E-state index in [2.05, 4.69) is 36.3 Å². The summed E-state index contributed by atoms with van der Waals surface area (Å²) in [7, 11) is 4.30. The van der Waals surface area contributed by atoms with E-state index in [0.717, 1.165) is 29.9 Å². The molecule has 1 N–H and O–H groups in total. The Morgan fingerprint density at radius 1 is 1.33 bits per heavy atom. The van der Waals surface area contributed by atoms with Gasteiger partial charge < -0.3 is 10.2 Å². The van der Waals surface area contributed by atoms with Crippen LogP contribution in [0, 0.1) is 5.92 Å². The average molecular weight is 309 g/mol. The Balaban J connectivity index is 1.89. The zero-order valence-electron chi connectivity index (χ0n) is 13.6. The monoisotopic (exact) mass is 308 g/mol. The molecule has 1 saturated carbocycles. The zero-order valence-corrected chi connectivity index (χ0v) is 14.4.